The molecule has 0 radical (unpaired) electrons. The van der Waals surface area contributed by atoms with Gasteiger partial charge in [0, 0.05) is 43.1 Å². The summed E-state index contributed by atoms with van der Waals surface area (Å²) in [6, 6.07) is 14.8. The first-order chi connectivity index (χ1) is 16.2. The van der Waals surface area contributed by atoms with Crippen LogP contribution in [0.15, 0.2) is 48.5 Å². The third-order valence-corrected chi connectivity index (χ3v) is 6.45. The summed E-state index contributed by atoms with van der Waals surface area (Å²) < 4.78 is 5.34. The van der Waals surface area contributed by atoms with Gasteiger partial charge in [0.15, 0.2) is 0 Å². The van der Waals surface area contributed by atoms with Crippen molar-refractivity contribution in [1.29, 1.82) is 0 Å². The van der Waals surface area contributed by atoms with Crippen LogP contribution in [0, 0.1) is 0 Å². The van der Waals surface area contributed by atoms with Gasteiger partial charge < -0.3 is 20.7 Å². The van der Waals surface area contributed by atoms with Gasteiger partial charge in [0.2, 0.25) is 0 Å². The minimum atomic E-state index is -0.328. The molecule has 7 heteroatoms. The highest BCUT2D eigenvalue weighted by atomic mass is 16.5. The molecule has 33 heavy (non-hydrogen) atoms. The van der Waals surface area contributed by atoms with E-state index in [4.69, 9.17) is 4.74 Å². The van der Waals surface area contributed by atoms with Gasteiger partial charge in [-0.25, -0.2) is 4.79 Å². The molecule has 3 N–H and O–H groups in total. The number of nitrogens with zero attached hydrogens (tertiary/aromatic N) is 1. The van der Waals surface area contributed by atoms with E-state index in [1.807, 2.05) is 12.1 Å². The van der Waals surface area contributed by atoms with Crippen LogP contribution < -0.4 is 16.0 Å². The van der Waals surface area contributed by atoms with Crippen LogP contribution in [0.4, 0.5) is 16.2 Å². The van der Waals surface area contributed by atoms with Gasteiger partial charge in [-0.05, 0) is 54.7 Å². The molecule has 176 valence electrons. The second kappa shape index (κ2) is 11.8. The molecule has 0 aromatic heterocycles. The third kappa shape index (κ3) is 7.04. The summed E-state index contributed by atoms with van der Waals surface area (Å²) in [7, 11) is 0. The zero-order chi connectivity index (χ0) is 22.9. The van der Waals surface area contributed by atoms with E-state index in [-0.39, 0.29) is 11.9 Å². The zero-order valence-corrected chi connectivity index (χ0v) is 19.1. The summed E-state index contributed by atoms with van der Waals surface area (Å²) in [4.78, 5) is 27.2. The molecule has 7 nitrogen and oxygen atoms in total. The first-order valence-corrected chi connectivity index (χ1v) is 12.0. The van der Waals surface area contributed by atoms with Gasteiger partial charge in [-0.15, -0.1) is 0 Å². The molecule has 0 unspecified atom stereocenters. The van der Waals surface area contributed by atoms with Crippen LogP contribution in [0.5, 0.6) is 0 Å². The predicted octanol–water partition coefficient (Wildman–Crippen LogP) is 4.44. The number of hydrogen-bond acceptors (Lipinski definition) is 4. The Hall–Kier alpha value is -2.90. The lowest BCUT2D eigenvalue weighted by Gasteiger charge is -2.26. The molecule has 1 heterocycles. The lowest BCUT2D eigenvalue weighted by Crippen LogP contribution is -2.41. The van der Waals surface area contributed by atoms with Crippen molar-refractivity contribution >= 4 is 23.3 Å². The molecule has 2 aromatic rings. The quantitative estimate of drug-likeness (QED) is 0.582. The van der Waals surface area contributed by atoms with E-state index in [2.05, 4.69) is 33.0 Å². The number of anilines is 2. The Morgan fingerprint density at radius 2 is 1.64 bits per heavy atom. The Morgan fingerprint density at radius 1 is 0.909 bits per heavy atom. The lowest BCUT2D eigenvalue weighted by molar-refractivity contribution is 0.0383. The maximum atomic E-state index is 12.5. The normalized spacial score (nSPS) is 17.3. The molecule has 2 aliphatic rings. The maximum absolute atomic E-state index is 12.5. The molecule has 3 amide bonds. The maximum Gasteiger partial charge on any atom is 0.323 e. The summed E-state index contributed by atoms with van der Waals surface area (Å²) in [5, 5.41) is 8.64. The molecule has 0 spiro atoms. The smallest absolute Gasteiger partial charge is 0.323 e. The number of nitrogens with one attached hydrogen (secondary N) is 3. The van der Waals surface area contributed by atoms with Gasteiger partial charge in [0.1, 0.15) is 0 Å². The number of morpholine rings is 1. The number of amides is 3. The van der Waals surface area contributed by atoms with E-state index >= 15 is 0 Å². The van der Waals surface area contributed by atoms with Crippen molar-refractivity contribution in [3.8, 4) is 0 Å². The van der Waals surface area contributed by atoms with Gasteiger partial charge in [0.25, 0.3) is 5.91 Å². The first-order valence-electron chi connectivity index (χ1n) is 12.0. The van der Waals surface area contributed by atoms with Crippen LogP contribution in [0.3, 0.4) is 0 Å². The van der Waals surface area contributed by atoms with Crippen LogP contribution in [0.1, 0.15) is 53.9 Å². The van der Waals surface area contributed by atoms with Crippen molar-refractivity contribution in [3.63, 3.8) is 0 Å². The molecular weight excluding hydrogens is 416 g/mol. The topological polar surface area (TPSA) is 82.7 Å². The van der Waals surface area contributed by atoms with Crippen LogP contribution in [-0.2, 0) is 4.74 Å². The number of hydrogen-bond donors (Lipinski definition) is 3. The number of carbonyl (C=O) groups is 2. The van der Waals surface area contributed by atoms with Crippen molar-refractivity contribution < 1.29 is 14.3 Å². The molecule has 1 aliphatic heterocycles. The van der Waals surface area contributed by atoms with Crippen LogP contribution in [0.25, 0.3) is 0 Å². The number of ether oxygens (including phenoxy) is 1. The van der Waals surface area contributed by atoms with E-state index < -0.39 is 0 Å². The Bertz CT molecular complexity index is 919. The Labute approximate surface area is 195 Å². The van der Waals surface area contributed by atoms with E-state index in [1.165, 1.54) is 37.7 Å². The molecule has 1 saturated heterocycles. The van der Waals surface area contributed by atoms with Crippen molar-refractivity contribution in [1.82, 2.24) is 10.2 Å². The minimum absolute atomic E-state index is 0.148. The fraction of sp³-hybridized carbons (Fsp3) is 0.462. The van der Waals surface area contributed by atoms with Gasteiger partial charge in [-0.2, -0.15) is 0 Å². The number of carbonyl (C=O) groups excluding carboxylic acids is 2. The number of rotatable bonds is 7. The van der Waals surface area contributed by atoms with Gasteiger partial charge in [-0.1, -0.05) is 37.5 Å². The van der Waals surface area contributed by atoms with Crippen molar-refractivity contribution in [2.24, 2.45) is 0 Å². The second-order valence-corrected chi connectivity index (χ2v) is 8.83. The number of benzene rings is 2. The fourth-order valence-corrected chi connectivity index (χ4v) is 4.56. The van der Waals surface area contributed by atoms with E-state index in [0.717, 1.165) is 38.5 Å². The zero-order valence-electron chi connectivity index (χ0n) is 19.1. The third-order valence-electron chi connectivity index (χ3n) is 6.45. The average molecular weight is 451 g/mol. The monoisotopic (exact) mass is 450 g/mol. The Morgan fingerprint density at radius 3 is 2.39 bits per heavy atom. The highest BCUT2D eigenvalue weighted by molar-refractivity contribution is 6.01. The van der Waals surface area contributed by atoms with E-state index in [9.17, 15) is 9.59 Å². The van der Waals surface area contributed by atoms with Crippen LogP contribution >= 0.6 is 0 Å². The molecule has 0 bridgehead atoms. The summed E-state index contributed by atoms with van der Waals surface area (Å²) in [5.74, 6) is 0.495. The molecule has 2 aromatic carbocycles. The van der Waals surface area contributed by atoms with Crippen molar-refractivity contribution in [3.05, 3.63) is 59.7 Å². The summed E-state index contributed by atoms with van der Waals surface area (Å²) >= 11 is 0. The molecule has 2 fully saturated rings. The van der Waals surface area contributed by atoms with E-state index in [0.29, 0.717) is 23.7 Å². The predicted molar refractivity (Wildman–Crippen MR) is 131 cm³/mol. The molecule has 1 aliphatic carbocycles. The molecule has 4 rings (SSSR count). The molecule has 1 saturated carbocycles. The molecular formula is C26H34N4O3. The van der Waals surface area contributed by atoms with Gasteiger partial charge in [0.05, 0.1) is 13.2 Å². The van der Waals surface area contributed by atoms with Crippen molar-refractivity contribution in [2.75, 3.05) is 50.0 Å². The van der Waals surface area contributed by atoms with Gasteiger partial charge in [-0.3, -0.25) is 9.69 Å². The minimum Gasteiger partial charge on any atom is -0.379 e. The van der Waals surface area contributed by atoms with Gasteiger partial charge >= 0.3 is 6.03 Å². The van der Waals surface area contributed by atoms with Crippen LogP contribution in [-0.4, -0.2) is 56.2 Å². The largest absolute Gasteiger partial charge is 0.379 e. The SMILES string of the molecule is O=C(Nc1ccc(C2CCCCC2)cc1)Nc1cccc(C(=O)NCCN2CCOCC2)c1. The Balaban J connectivity index is 1.25. The lowest BCUT2D eigenvalue weighted by atomic mass is 9.84. The van der Waals surface area contributed by atoms with Crippen molar-refractivity contribution in [2.45, 2.75) is 38.0 Å². The summed E-state index contributed by atoms with van der Waals surface area (Å²) in [6.07, 6.45) is 6.46. The molecule has 0 atom stereocenters. The number of urea groups is 1. The summed E-state index contributed by atoms with van der Waals surface area (Å²) in [5.41, 5.74) is 3.20. The standard InChI is InChI=1S/C26H34N4O3/c31-25(27-13-14-30-15-17-33-18-16-30)22-7-4-8-24(19-22)29-26(32)28-23-11-9-21(10-12-23)20-5-2-1-3-6-20/h4,7-12,19-20H,1-3,5-6,13-18H2,(H,27,31)(H2,28,29,32). The summed E-state index contributed by atoms with van der Waals surface area (Å²) in [6.45, 7) is 4.66. The first kappa shape index (κ1) is 23.3. The average Bonchev–Trinajstić information content (AvgIpc) is 2.86. The highest BCUT2D eigenvalue weighted by Gasteiger charge is 2.15. The Kier molecular flexibility index (Phi) is 8.33. The van der Waals surface area contributed by atoms with Crippen LogP contribution in [0.2, 0.25) is 0 Å². The van der Waals surface area contributed by atoms with E-state index in [1.54, 1.807) is 24.3 Å². The highest BCUT2D eigenvalue weighted by Crippen LogP contribution is 2.33. The second-order valence-electron chi connectivity index (χ2n) is 8.83. The fourth-order valence-electron chi connectivity index (χ4n) is 4.56.